The van der Waals surface area contributed by atoms with E-state index in [-0.39, 0.29) is 18.0 Å². The van der Waals surface area contributed by atoms with E-state index in [1.807, 2.05) is 0 Å². The van der Waals surface area contributed by atoms with Crippen molar-refractivity contribution in [3.05, 3.63) is 0 Å². The van der Waals surface area contributed by atoms with Gasteiger partial charge >= 0.3 is 5.97 Å². The van der Waals surface area contributed by atoms with Gasteiger partial charge in [-0.15, -0.1) is 0 Å². The lowest BCUT2D eigenvalue weighted by molar-refractivity contribution is -0.144. The van der Waals surface area contributed by atoms with Gasteiger partial charge in [0.15, 0.2) is 0 Å². The van der Waals surface area contributed by atoms with Crippen molar-refractivity contribution in [2.24, 2.45) is 29.6 Å². The molecule has 0 radical (unpaired) electrons. The van der Waals surface area contributed by atoms with Crippen LogP contribution in [0.4, 0.5) is 0 Å². The third kappa shape index (κ3) is 0.850. The summed E-state index contributed by atoms with van der Waals surface area (Å²) >= 11 is 0. The summed E-state index contributed by atoms with van der Waals surface area (Å²) in [6.07, 6.45) is 3.96. The monoisotopic (exact) mass is 194 g/mol. The first-order valence-corrected chi connectivity index (χ1v) is 5.94. The smallest absolute Gasteiger partial charge is 0.309 e. The minimum atomic E-state index is 0.116. The summed E-state index contributed by atoms with van der Waals surface area (Å²) < 4.78 is 5.49. The molecule has 0 amide bonds. The highest BCUT2D eigenvalue weighted by molar-refractivity contribution is 5.77. The molecule has 14 heavy (non-hydrogen) atoms. The van der Waals surface area contributed by atoms with Gasteiger partial charge < -0.3 is 4.74 Å². The van der Waals surface area contributed by atoms with E-state index in [9.17, 15) is 4.79 Å². The third-order valence-electron chi connectivity index (χ3n) is 4.78. The topological polar surface area (TPSA) is 26.3 Å². The van der Waals surface area contributed by atoms with Crippen molar-refractivity contribution in [1.82, 2.24) is 0 Å². The van der Waals surface area contributed by atoms with Crippen LogP contribution in [0, 0.1) is 29.6 Å². The Labute approximate surface area is 85.0 Å². The Bertz CT molecular complexity index is 273. The molecule has 78 valence electrons. The van der Waals surface area contributed by atoms with Gasteiger partial charge in [0.25, 0.3) is 0 Å². The van der Waals surface area contributed by atoms with E-state index in [0.29, 0.717) is 17.8 Å². The number of esters is 1. The number of fused-ring (bicyclic) bond motifs is 1. The normalized spacial score (nSPS) is 54.0. The summed E-state index contributed by atoms with van der Waals surface area (Å²) in [6.45, 7) is 4.49. The quantitative estimate of drug-likeness (QED) is 0.630. The Morgan fingerprint density at radius 1 is 1.43 bits per heavy atom. The van der Waals surface area contributed by atoms with Gasteiger partial charge in [0.05, 0.1) is 5.92 Å². The van der Waals surface area contributed by atoms with E-state index in [0.717, 1.165) is 5.92 Å². The first-order valence-electron chi connectivity index (χ1n) is 5.94. The van der Waals surface area contributed by atoms with Crippen LogP contribution in [0.1, 0.15) is 33.1 Å². The first-order chi connectivity index (χ1) is 6.74. The number of hydrogen-bond acceptors (Lipinski definition) is 2. The Hall–Kier alpha value is -0.530. The fourth-order valence-electron chi connectivity index (χ4n) is 4.28. The van der Waals surface area contributed by atoms with E-state index in [1.54, 1.807) is 0 Å². The molecule has 2 nitrogen and oxygen atoms in total. The van der Waals surface area contributed by atoms with Crippen LogP contribution in [0.15, 0.2) is 0 Å². The van der Waals surface area contributed by atoms with Crippen LogP contribution in [0.25, 0.3) is 0 Å². The van der Waals surface area contributed by atoms with Gasteiger partial charge in [-0.2, -0.15) is 0 Å². The molecule has 6 atom stereocenters. The summed E-state index contributed by atoms with van der Waals surface area (Å²) in [7, 11) is 0. The van der Waals surface area contributed by atoms with Gasteiger partial charge in [-0.1, -0.05) is 20.3 Å². The number of rotatable bonds is 2. The number of hydrogen-bond donors (Lipinski definition) is 0. The molecule has 0 aromatic carbocycles. The predicted molar refractivity (Wildman–Crippen MR) is 52.5 cm³/mol. The minimum Gasteiger partial charge on any atom is -0.462 e. The average molecular weight is 194 g/mol. The molecule has 2 heteroatoms. The van der Waals surface area contributed by atoms with Gasteiger partial charge in [-0.25, -0.2) is 0 Å². The SMILES string of the molecule is CCCC1C2CC3C(OC(=O)C13)C2C. The zero-order chi connectivity index (χ0) is 9.87. The van der Waals surface area contributed by atoms with E-state index in [1.165, 1.54) is 19.3 Å². The van der Waals surface area contributed by atoms with Crippen LogP contribution in [0.5, 0.6) is 0 Å². The summed E-state index contributed by atoms with van der Waals surface area (Å²) in [5.74, 6) is 3.03. The Morgan fingerprint density at radius 3 is 2.93 bits per heavy atom. The predicted octanol–water partition coefficient (Wildman–Crippen LogP) is 2.23. The minimum absolute atomic E-state index is 0.116. The molecular weight excluding hydrogens is 176 g/mol. The van der Waals surface area contributed by atoms with Crippen molar-refractivity contribution >= 4 is 5.97 Å². The molecule has 2 aliphatic carbocycles. The molecule has 2 bridgehead atoms. The van der Waals surface area contributed by atoms with Crippen molar-refractivity contribution in [2.75, 3.05) is 0 Å². The molecule has 1 aliphatic heterocycles. The van der Waals surface area contributed by atoms with Crippen molar-refractivity contribution in [1.29, 1.82) is 0 Å². The van der Waals surface area contributed by atoms with Crippen LogP contribution < -0.4 is 0 Å². The zero-order valence-corrected chi connectivity index (χ0v) is 8.90. The van der Waals surface area contributed by atoms with Gasteiger partial charge in [0, 0.05) is 5.92 Å². The second-order valence-corrected chi connectivity index (χ2v) is 5.30. The molecule has 3 rings (SSSR count). The second kappa shape index (κ2) is 2.74. The molecular formula is C12H18O2. The van der Waals surface area contributed by atoms with Crippen molar-refractivity contribution < 1.29 is 9.53 Å². The fraction of sp³-hybridized carbons (Fsp3) is 0.917. The second-order valence-electron chi connectivity index (χ2n) is 5.30. The molecule has 3 fully saturated rings. The summed E-state index contributed by atoms with van der Waals surface area (Å²) in [4.78, 5) is 11.7. The lowest BCUT2D eigenvalue weighted by Gasteiger charge is -2.29. The molecule has 1 saturated heterocycles. The molecule has 0 spiro atoms. The number of ether oxygens (including phenoxy) is 1. The highest BCUT2D eigenvalue weighted by atomic mass is 16.6. The van der Waals surface area contributed by atoms with Crippen molar-refractivity contribution in [3.63, 3.8) is 0 Å². The fourth-order valence-corrected chi connectivity index (χ4v) is 4.28. The molecule has 0 aromatic rings. The largest absolute Gasteiger partial charge is 0.462 e. The molecule has 6 unspecified atom stereocenters. The molecule has 0 aromatic heterocycles. The lowest BCUT2D eigenvalue weighted by Crippen LogP contribution is -2.31. The molecule has 0 N–H and O–H groups in total. The number of carbonyl (C=O) groups excluding carboxylic acids is 1. The van der Waals surface area contributed by atoms with E-state index in [4.69, 9.17) is 4.74 Å². The van der Waals surface area contributed by atoms with Crippen molar-refractivity contribution in [2.45, 2.75) is 39.2 Å². The average Bonchev–Trinajstić information content (AvgIpc) is 2.71. The van der Waals surface area contributed by atoms with Gasteiger partial charge in [0.2, 0.25) is 0 Å². The van der Waals surface area contributed by atoms with Crippen LogP contribution in [0.3, 0.4) is 0 Å². The van der Waals surface area contributed by atoms with Gasteiger partial charge in [-0.3, -0.25) is 4.79 Å². The Balaban J connectivity index is 1.92. The standard InChI is InChI=1S/C12H18O2/c1-3-4-7-8-5-9-10(7)12(13)14-11(9)6(8)2/h6-11H,3-5H2,1-2H3. The molecule has 2 saturated carbocycles. The van der Waals surface area contributed by atoms with E-state index in [2.05, 4.69) is 13.8 Å². The third-order valence-corrected chi connectivity index (χ3v) is 4.78. The first kappa shape index (κ1) is 8.75. The highest BCUT2D eigenvalue weighted by Crippen LogP contribution is 2.61. The summed E-state index contributed by atoms with van der Waals surface area (Å²) in [5.41, 5.74) is 0. The highest BCUT2D eigenvalue weighted by Gasteiger charge is 2.64. The van der Waals surface area contributed by atoms with Crippen LogP contribution in [-0.2, 0) is 9.53 Å². The van der Waals surface area contributed by atoms with Gasteiger partial charge in [0.1, 0.15) is 6.10 Å². The summed E-state index contributed by atoms with van der Waals surface area (Å²) in [5, 5.41) is 0. The van der Waals surface area contributed by atoms with Crippen LogP contribution in [-0.4, -0.2) is 12.1 Å². The zero-order valence-electron chi connectivity index (χ0n) is 8.90. The Morgan fingerprint density at radius 2 is 2.21 bits per heavy atom. The maximum absolute atomic E-state index is 11.7. The Kier molecular flexibility index (Phi) is 1.71. The summed E-state index contributed by atoms with van der Waals surface area (Å²) in [6, 6.07) is 0. The van der Waals surface area contributed by atoms with Crippen LogP contribution >= 0.6 is 0 Å². The number of carbonyl (C=O) groups is 1. The van der Waals surface area contributed by atoms with E-state index < -0.39 is 0 Å². The van der Waals surface area contributed by atoms with Crippen molar-refractivity contribution in [3.8, 4) is 0 Å². The van der Waals surface area contributed by atoms with E-state index >= 15 is 0 Å². The lowest BCUT2D eigenvalue weighted by atomic mass is 9.73. The maximum atomic E-state index is 11.7. The molecule has 3 aliphatic rings. The van der Waals surface area contributed by atoms with Gasteiger partial charge in [-0.05, 0) is 30.6 Å². The van der Waals surface area contributed by atoms with Crippen LogP contribution in [0.2, 0.25) is 0 Å². The molecule has 1 heterocycles. The maximum Gasteiger partial charge on any atom is 0.309 e.